The van der Waals surface area contributed by atoms with Gasteiger partial charge in [-0.3, -0.25) is 9.48 Å². The molecule has 142 valence electrons. The number of carbonyl (C=O) groups is 1. The van der Waals surface area contributed by atoms with E-state index in [2.05, 4.69) is 22.5 Å². The third-order valence-electron chi connectivity index (χ3n) is 4.04. The standard InChI is InChI=1S/C19H21FN4O3/c1-4-8-24-12(2)9-17(22-24)21-19(25)18-16(13(3)27-23-18)11-26-15-7-5-6-14(20)10-15/h5-7,9-10H,4,8,11H2,1-3H3,(H,21,22,25). The third kappa shape index (κ3) is 4.33. The highest BCUT2D eigenvalue weighted by Crippen LogP contribution is 2.20. The summed E-state index contributed by atoms with van der Waals surface area (Å²) < 4.78 is 25.8. The molecule has 0 unspecified atom stereocenters. The summed E-state index contributed by atoms with van der Waals surface area (Å²) in [6.07, 6.45) is 0.944. The molecule has 0 saturated heterocycles. The van der Waals surface area contributed by atoms with E-state index in [0.717, 1.165) is 18.7 Å². The minimum absolute atomic E-state index is 0.0326. The normalized spacial score (nSPS) is 10.8. The number of nitrogens with one attached hydrogen (secondary N) is 1. The van der Waals surface area contributed by atoms with Crippen molar-refractivity contribution in [3.63, 3.8) is 0 Å². The molecule has 3 rings (SSSR count). The zero-order valence-electron chi connectivity index (χ0n) is 15.5. The van der Waals surface area contributed by atoms with Gasteiger partial charge in [0.25, 0.3) is 5.91 Å². The zero-order valence-corrected chi connectivity index (χ0v) is 15.5. The number of halogens is 1. The van der Waals surface area contributed by atoms with Crippen LogP contribution in [0.3, 0.4) is 0 Å². The van der Waals surface area contributed by atoms with Crippen molar-refractivity contribution < 1.29 is 18.4 Å². The van der Waals surface area contributed by atoms with E-state index < -0.39 is 11.7 Å². The van der Waals surface area contributed by atoms with Crippen molar-refractivity contribution in [2.75, 3.05) is 5.32 Å². The molecule has 3 aromatic rings. The van der Waals surface area contributed by atoms with E-state index >= 15 is 0 Å². The first-order valence-electron chi connectivity index (χ1n) is 8.67. The Morgan fingerprint density at radius 3 is 2.89 bits per heavy atom. The van der Waals surface area contributed by atoms with E-state index in [1.165, 1.54) is 12.1 Å². The molecule has 1 amide bonds. The van der Waals surface area contributed by atoms with Crippen molar-refractivity contribution in [2.45, 2.75) is 40.3 Å². The molecule has 0 saturated carbocycles. The summed E-state index contributed by atoms with van der Waals surface area (Å²) in [6, 6.07) is 7.58. The minimum atomic E-state index is -0.439. The number of hydrogen-bond acceptors (Lipinski definition) is 5. The average Bonchev–Trinajstić information content (AvgIpc) is 3.16. The third-order valence-corrected chi connectivity index (χ3v) is 4.04. The van der Waals surface area contributed by atoms with Gasteiger partial charge in [-0.15, -0.1) is 0 Å². The van der Waals surface area contributed by atoms with Gasteiger partial charge >= 0.3 is 0 Å². The number of anilines is 1. The van der Waals surface area contributed by atoms with Crippen LogP contribution >= 0.6 is 0 Å². The van der Waals surface area contributed by atoms with Crippen LogP contribution in [-0.4, -0.2) is 20.8 Å². The van der Waals surface area contributed by atoms with Gasteiger partial charge in [0, 0.05) is 24.4 Å². The summed E-state index contributed by atoms with van der Waals surface area (Å²) in [6.45, 7) is 6.48. The summed E-state index contributed by atoms with van der Waals surface area (Å²) in [7, 11) is 0. The Balaban J connectivity index is 1.73. The molecule has 1 N–H and O–H groups in total. The van der Waals surface area contributed by atoms with Crippen molar-refractivity contribution in [3.05, 3.63) is 58.9 Å². The number of carbonyl (C=O) groups excluding carboxylic acids is 1. The molecular weight excluding hydrogens is 351 g/mol. The first-order chi connectivity index (χ1) is 13.0. The average molecular weight is 372 g/mol. The highest BCUT2D eigenvalue weighted by molar-refractivity contribution is 6.03. The van der Waals surface area contributed by atoms with Crippen molar-refractivity contribution in [1.82, 2.24) is 14.9 Å². The first-order valence-corrected chi connectivity index (χ1v) is 8.67. The fourth-order valence-corrected chi connectivity index (χ4v) is 2.64. The molecule has 0 radical (unpaired) electrons. The fraction of sp³-hybridized carbons (Fsp3) is 0.316. The van der Waals surface area contributed by atoms with Crippen LogP contribution in [0, 0.1) is 19.7 Å². The number of ether oxygens (including phenoxy) is 1. The number of aryl methyl sites for hydroxylation is 3. The first kappa shape index (κ1) is 18.6. The molecule has 27 heavy (non-hydrogen) atoms. The van der Waals surface area contributed by atoms with Gasteiger partial charge in [0.1, 0.15) is 23.9 Å². The van der Waals surface area contributed by atoms with Gasteiger partial charge in [-0.2, -0.15) is 5.10 Å². The topological polar surface area (TPSA) is 82.2 Å². The number of rotatable bonds is 7. The molecule has 0 bridgehead atoms. The van der Waals surface area contributed by atoms with Gasteiger partial charge in [-0.05, 0) is 32.4 Å². The lowest BCUT2D eigenvalue weighted by molar-refractivity contribution is 0.101. The summed E-state index contributed by atoms with van der Waals surface area (Å²) in [5, 5.41) is 10.9. The maximum Gasteiger partial charge on any atom is 0.279 e. The quantitative estimate of drug-likeness (QED) is 0.681. The van der Waals surface area contributed by atoms with Crippen LogP contribution in [0.5, 0.6) is 5.75 Å². The van der Waals surface area contributed by atoms with E-state index in [1.54, 1.807) is 25.1 Å². The number of amides is 1. The van der Waals surface area contributed by atoms with Gasteiger partial charge < -0.3 is 14.6 Å². The highest BCUT2D eigenvalue weighted by Gasteiger charge is 2.21. The van der Waals surface area contributed by atoms with Gasteiger partial charge in [-0.25, -0.2) is 4.39 Å². The van der Waals surface area contributed by atoms with Gasteiger partial charge in [0.15, 0.2) is 11.5 Å². The number of hydrogen-bond donors (Lipinski definition) is 1. The second-order valence-electron chi connectivity index (χ2n) is 6.16. The Hall–Kier alpha value is -3.16. The van der Waals surface area contributed by atoms with Gasteiger partial charge in [0.05, 0.1) is 5.56 Å². The minimum Gasteiger partial charge on any atom is -0.489 e. The molecule has 8 heteroatoms. The van der Waals surface area contributed by atoms with Crippen LogP contribution in [0.25, 0.3) is 0 Å². The predicted octanol–water partition coefficient (Wildman–Crippen LogP) is 3.87. The Labute approximate surface area is 156 Å². The summed E-state index contributed by atoms with van der Waals surface area (Å²) in [4.78, 5) is 12.6. The maximum absolute atomic E-state index is 13.3. The van der Waals surface area contributed by atoms with Crippen molar-refractivity contribution >= 4 is 11.7 Å². The summed E-state index contributed by atoms with van der Waals surface area (Å²) in [5.41, 5.74) is 1.58. The van der Waals surface area contributed by atoms with Crippen LogP contribution < -0.4 is 10.1 Å². The number of nitrogens with zero attached hydrogens (tertiary/aromatic N) is 3. The van der Waals surface area contributed by atoms with E-state index in [0.29, 0.717) is 22.9 Å². The molecule has 0 fully saturated rings. The molecule has 0 spiro atoms. The van der Waals surface area contributed by atoms with Gasteiger partial charge in [0.2, 0.25) is 0 Å². The van der Waals surface area contributed by atoms with Crippen molar-refractivity contribution in [2.24, 2.45) is 0 Å². The molecule has 0 aliphatic rings. The Kier molecular flexibility index (Phi) is 5.54. The Bertz CT molecular complexity index is 948. The highest BCUT2D eigenvalue weighted by atomic mass is 19.1. The smallest absolute Gasteiger partial charge is 0.279 e. The lowest BCUT2D eigenvalue weighted by Crippen LogP contribution is -2.16. The molecule has 2 aromatic heterocycles. The molecule has 0 aliphatic heterocycles. The molecule has 0 aliphatic carbocycles. The monoisotopic (exact) mass is 372 g/mol. The van der Waals surface area contributed by atoms with E-state index in [-0.39, 0.29) is 12.3 Å². The van der Waals surface area contributed by atoms with Gasteiger partial charge in [-0.1, -0.05) is 18.1 Å². The Morgan fingerprint density at radius 2 is 2.15 bits per heavy atom. The van der Waals surface area contributed by atoms with Crippen LogP contribution in [0.2, 0.25) is 0 Å². The molecule has 1 aromatic carbocycles. The summed E-state index contributed by atoms with van der Waals surface area (Å²) in [5.74, 6) is 0.431. The van der Waals surface area contributed by atoms with E-state index in [4.69, 9.17) is 9.26 Å². The molecular formula is C19H21FN4O3. The zero-order chi connectivity index (χ0) is 19.4. The summed E-state index contributed by atoms with van der Waals surface area (Å²) >= 11 is 0. The van der Waals surface area contributed by atoms with Crippen LogP contribution in [0.15, 0.2) is 34.9 Å². The van der Waals surface area contributed by atoms with Crippen LogP contribution in [-0.2, 0) is 13.2 Å². The fourth-order valence-electron chi connectivity index (χ4n) is 2.64. The molecule has 2 heterocycles. The second kappa shape index (κ2) is 8.03. The lowest BCUT2D eigenvalue weighted by atomic mass is 10.2. The second-order valence-corrected chi connectivity index (χ2v) is 6.16. The number of aromatic nitrogens is 3. The van der Waals surface area contributed by atoms with Crippen molar-refractivity contribution in [1.29, 1.82) is 0 Å². The SMILES string of the molecule is CCCn1nc(NC(=O)c2noc(C)c2COc2cccc(F)c2)cc1C. The van der Waals surface area contributed by atoms with E-state index in [9.17, 15) is 9.18 Å². The predicted molar refractivity (Wildman–Crippen MR) is 97.2 cm³/mol. The largest absolute Gasteiger partial charge is 0.489 e. The maximum atomic E-state index is 13.3. The lowest BCUT2D eigenvalue weighted by Gasteiger charge is -2.06. The Morgan fingerprint density at radius 1 is 1.33 bits per heavy atom. The molecule has 7 nitrogen and oxygen atoms in total. The number of benzene rings is 1. The van der Waals surface area contributed by atoms with Crippen LogP contribution in [0.1, 0.15) is 40.9 Å². The van der Waals surface area contributed by atoms with Crippen molar-refractivity contribution in [3.8, 4) is 5.75 Å². The van der Waals surface area contributed by atoms with E-state index in [1.807, 2.05) is 11.6 Å². The molecule has 0 atom stereocenters. The van der Waals surface area contributed by atoms with Crippen LogP contribution in [0.4, 0.5) is 10.2 Å².